The lowest BCUT2D eigenvalue weighted by Gasteiger charge is -2.38. The van der Waals surface area contributed by atoms with Crippen LogP contribution in [0.4, 0.5) is 0 Å². The second-order valence-electron chi connectivity index (χ2n) is 6.38. The lowest BCUT2D eigenvalue weighted by Crippen LogP contribution is -2.46. The van der Waals surface area contributed by atoms with E-state index in [2.05, 4.69) is 37.2 Å². The van der Waals surface area contributed by atoms with Gasteiger partial charge >= 0.3 is 0 Å². The molecule has 0 bridgehead atoms. The summed E-state index contributed by atoms with van der Waals surface area (Å²) < 4.78 is 0. The van der Waals surface area contributed by atoms with Crippen LogP contribution in [0.5, 0.6) is 0 Å². The highest BCUT2D eigenvalue weighted by Crippen LogP contribution is 2.31. The smallest absolute Gasteiger partial charge is 0.00954 e. The first-order chi connectivity index (χ1) is 8.19. The van der Waals surface area contributed by atoms with Gasteiger partial charge in [0, 0.05) is 17.3 Å². The van der Waals surface area contributed by atoms with Crippen molar-refractivity contribution in [2.75, 3.05) is 6.26 Å². The van der Waals surface area contributed by atoms with Crippen molar-refractivity contribution < 1.29 is 0 Å². The molecule has 0 radical (unpaired) electrons. The summed E-state index contributed by atoms with van der Waals surface area (Å²) in [5.41, 5.74) is 0. The van der Waals surface area contributed by atoms with Crippen molar-refractivity contribution in [2.24, 2.45) is 11.8 Å². The molecule has 2 aliphatic carbocycles. The zero-order valence-corrected chi connectivity index (χ0v) is 12.6. The first-order valence-corrected chi connectivity index (χ1v) is 8.76. The number of thioether (sulfide) groups is 1. The molecule has 1 nitrogen and oxygen atoms in total. The van der Waals surface area contributed by atoms with Crippen LogP contribution in [0.2, 0.25) is 0 Å². The van der Waals surface area contributed by atoms with Gasteiger partial charge in [-0.15, -0.1) is 0 Å². The maximum atomic E-state index is 3.96. The largest absolute Gasteiger partial charge is 0.311 e. The minimum absolute atomic E-state index is 0.807. The minimum atomic E-state index is 0.807. The third kappa shape index (κ3) is 3.89. The molecule has 2 saturated carbocycles. The summed E-state index contributed by atoms with van der Waals surface area (Å²) in [5.74, 6) is 1.84. The molecule has 0 amide bonds. The topological polar surface area (TPSA) is 12.0 Å². The van der Waals surface area contributed by atoms with Crippen LogP contribution in [0.25, 0.3) is 0 Å². The second-order valence-corrected chi connectivity index (χ2v) is 7.52. The Bertz CT molecular complexity index is 223. The molecule has 2 rings (SSSR count). The fourth-order valence-corrected chi connectivity index (χ4v) is 4.42. The van der Waals surface area contributed by atoms with Crippen LogP contribution >= 0.6 is 11.8 Å². The molecule has 3 atom stereocenters. The molecule has 0 heterocycles. The van der Waals surface area contributed by atoms with E-state index in [0.717, 1.165) is 29.2 Å². The van der Waals surface area contributed by atoms with E-state index in [-0.39, 0.29) is 0 Å². The van der Waals surface area contributed by atoms with Crippen molar-refractivity contribution >= 4 is 11.8 Å². The Hall–Kier alpha value is 0.310. The van der Waals surface area contributed by atoms with Crippen LogP contribution < -0.4 is 5.32 Å². The third-order valence-corrected chi connectivity index (χ3v) is 6.03. The normalized spacial score (nSPS) is 43.6. The molecular formula is C15H29NS. The third-order valence-electron chi connectivity index (χ3n) is 4.89. The van der Waals surface area contributed by atoms with Gasteiger partial charge in [-0.25, -0.2) is 0 Å². The van der Waals surface area contributed by atoms with Crippen LogP contribution in [0.1, 0.15) is 58.8 Å². The summed E-state index contributed by atoms with van der Waals surface area (Å²) in [6.45, 7) is 4.86. The fraction of sp³-hybridized carbons (Fsp3) is 1.00. The summed E-state index contributed by atoms with van der Waals surface area (Å²) in [7, 11) is 0. The molecule has 2 aliphatic rings. The quantitative estimate of drug-likeness (QED) is 0.815. The fourth-order valence-electron chi connectivity index (χ4n) is 3.68. The predicted molar refractivity (Wildman–Crippen MR) is 78.7 cm³/mol. The van der Waals surface area contributed by atoms with E-state index < -0.39 is 0 Å². The first-order valence-electron chi connectivity index (χ1n) is 7.48. The van der Waals surface area contributed by atoms with Crippen molar-refractivity contribution in [1.29, 1.82) is 0 Å². The van der Waals surface area contributed by atoms with Crippen molar-refractivity contribution in [3.63, 3.8) is 0 Å². The van der Waals surface area contributed by atoms with Gasteiger partial charge in [0.1, 0.15) is 0 Å². The van der Waals surface area contributed by atoms with Gasteiger partial charge in [0.2, 0.25) is 0 Å². The summed E-state index contributed by atoms with van der Waals surface area (Å²) in [6, 6.07) is 1.63. The van der Waals surface area contributed by atoms with Gasteiger partial charge < -0.3 is 5.32 Å². The Morgan fingerprint density at radius 1 is 0.941 bits per heavy atom. The van der Waals surface area contributed by atoms with Crippen molar-refractivity contribution in [2.45, 2.75) is 76.1 Å². The Morgan fingerprint density at radius 2 is 1.65 bits per heavy atom. The highest BCUT2D eigenvalue weighted by molar-refractivity contribution is 7.99. The summed E-state index contributed by atoms with van der Waals surface area (Å²) in [6.07, 6.45) is 12.2. The van der Waals surface area contributed by atoms with Gasteiger partial charge in [0.15, 0.2) is 0 Å². The molecule has 100 valence electrons. The SMILES string of the molecule is CSC1CCC(NC2CCC(C)CC2C)CC1. The molecular weight excluding hydrogens is 226 g/mol. The molecule has 0 aromatic carbocycles. The Kier molecular flexibility index (Phi) is 5.23. The lowest BCUT2D eigenvalue weighted by atomic mass is 9.79. The second kappa shape index (κ2) is 6.47. The van der Waals surface area contributed by atoms with Gasteiger partial charge in [-0.1, -0.05) is 13.8 Å². The maximum absolute atomic E-state index is 3.96. The summed E-state index contributed by atoms with van der Waals surface area (Å²) >= 11 is 2.07. The van der Waals surface area contributed by atoms with Crippen LogP contribution in [-0.2, 0) is 0 Å². The van der Waals surface area contributed by atoms with E-state index in [0.29, 0.717) is 0 Å². The highest BCUT2D eigenvalue weighted by atomic mass is 32.2. The van der Waals surface area contributed by atoms with E-state index in [1.807, 2.05) is 0 Å². The van der Waals surface area contributed by atoms with E-state index >= 15 is 0 Å². The zero-order valence-electron chi connectivity index (χ0n) is 11.7. The molecule has 0 aromatic heterocycles. The highest BCUT2D eigenvalue weighted by Gasteiger charge is 2.28. The molecule has 17 heavy (non-hydrogen) atoms. The van der Waals surface area contributed by atoms with Crippen molar-refractivity contribution in [3.8, 4) is 0 Å². The van der Waals surface area contributed by atoms with E-state index in [4.69, 9.17) is 0 Å². The van der Waals surface area contributed by atoms with Gasteiger partial charge in [-0.05, 0) is 63.0 Å². The zero-order chi connectivity index (χ0) is 12.3. The average Bonchev–Trinajstić information content (AvgIpc) is 2.34. The summed E-state index contributed by atoms with van der Waals surface area (Å²) in [5, 5.41) is 4.91. The standard InChI is InChI=1S/C15H29NS/c1-11-4-9-15(12(2)10-11)16-13-5-7-14(17-3)8-6-13/h11-16H,4-10H2,1-3H3. The predicted octanol–water partition coefficient (Wildman–Crippen LogP) is 4.07. The minimum Gasteiger partial charge on any atom is -0.311 e. The van der Waals surface area contributed by atoms with E-state index in [9.17, 15) is 0 Å². The average molecular weight is 255 g/mol. The Morgan fingerprint density at radius 3 is 2.24 bits per heavy atom. The Balaban J connectivity index is 1.74. The first kappa shape index (κ1) is 13.7. The van der Waals surface area contributed by atoms with Crippen LogP contribution in [0, 0.1) is 11.8 Å². The molecule has 0 spiro atoms. The molecule has 2 fully saturated rings. The Labute approximate surface area is 112 Å². The lowest BCUT2D eigenvalue weighted by molar-refractivity contribution is 0.200. The maximum Gasteiger partial charge on any atom is 0.00954 e. The van der Waals surface area contributed by atoms with Crippen molar-refractivity contribution in [3.05, 3.63) is 0 Å². The van der Waals surface area contributed by atoms with E-state index in [1.54, 1.807) is 0 Å². The molecule has 2 heteroatoms. The number of nitrogens with one attached hydrogen (secondary N) is 1. The monoisotopic (exact) mass is 255 g/mol. The molecule has 1 N–H and O–H groups in total. The molecule has 0 aliphatic heterocycles. The van der Waals surface area contributed by atoms with Gasteiger partial charge in [-0.3, -0.25) is 0 Å². The van der Waals surface area contributed by atoms with Gasteiger partial charge in [0.25, 0.3) is 0 Å². The van der Waals surface area contributed by atoms with Gasteiger partial charge in [-0.2, -0.15) is 11.8 Å². The van der Waals surface area contributed by atoms with E-state index in [1.165, 1.54) is 44.9 Å². The van der Waals surface area contributed by atoms with Crippen LogP contribution in [0.3, 0.4) is 0 Å². The van der Waals surface area contributed by atoms with Crippen LogP contribution in [0.15, 0.2) is 0 Å². The molecule has 0 aromatic rings. The number of hydrogen-bond acceptors (Lipinski definition) is 2. The van der Waals surface area contributed by atoms with Crippen LogP contribution in [-0.4, -0.2) is 23.6 Å². The molecule has 3 unspecified atom stereocenters. The number of rotatable bonds is 3. The number of hydrogen-bond donors (Lipinski definition) is 1. The van der Waals surface area contributed by atoms with Gasteiger partial charge in [0.05, 0.1) is 0 Å². The molecule has 0 saturated heterocycles. The van der Waals surface area contributed by atoms with Crippen molar-refractivity contribution in [1.82, 2.24) is 5.32 Å². The summed E-state index contributed by atoms with van der Waals surface area (Å²) in [4.78, 5) is 0.